The molecule has 33 heavy (non-hydrogen) atoms. The first-order chi connectivity index (χ1) is 16.0. The van der Waals surface area contributed by atoms with Crippen molar-refractivity contribution in [1.29, 1.82) is 0 Å². The number of aryl methyl sites for hydroxylation is 1. The van der Waals surface area contributed by atoms with E-state index in [1.807, 2.05) is 87.1 Å². The summed E-state index contributed by atoms with van der Waals surface area (Å²) in [7, 11) is -3.41. The van der Waals surface area contributed by atoms with E-state index in [0.717, 1.165) is 40.1 Å². The minimum absolute atomic E-state index is 0.00147. The van der Waals surface area contributed by atoms with Gasteiger partial charge >= 0.3 is 0 Å². The normalized spacial score (nSPS) is 11.8. The van der Waals surface area contributed by atoms with Gasteiger partial charge in [0.1, 0.15) is 6.33 Å². The summed E-state index contributed by atoms with van der Waals surface area (Å²) in [4.78, 5) is 4.61. The zero-order valence-corrected chi connectivity index (χ0v) is 19.2. The van der Waals surface area contributed by atoms with Crippen molar-refractivity contribution in [2.45, 2.75) is 20.4 Å². The summed E-state index contributed by atoms with van der Waals surface area (Å²) in [6.07, 6.45) is 9.48. The summed E-state index contributed by atoms with van der Waals surface area (Å²) < 4.78 is 32.9. The molecule has 0 saturated heterocycles. The molecule has 0 fully saturated rings. The average molecular weight is 461 g/mol. The number of nitrogens with zero attached hydrogens (tertiary/aromatic N) is 5. The Morgan fingerprint density at radius 1 is 0.970 bits per heavy atom. The first-order valence-corrected chi connectivity index (χ1v) is 12.4. The second-order valence-electron chi connectivity index (χ2n) is 7.74. The number of sulfonamides is 1. The molecule has 0 unspecified atom stereocenters. The van der Waals surface area contributed by atoms with Crippen molar-refractivity contribution in [2.24, 2.45) is 0 Å². The highest BCUT2D eigenvalue weighted by molar-refractivity contribution is 7.92. The van der Waals surface area contributed by atoms with Crippen LogP contribution in [-0.4, -0.2) is 38.1 Å². The first-order valence-electron chi connectivity index (χ1n) is 10.7. The van der Waals surface area contributed by atoms with Crippen LogP contribution in [0.1, 0.15) is 13.8 Å². The molecule has 0 atom stereocenters. The third kappa shape index (κ3) is 4.14. The molecule has 0 radical (unpaired) electrons. The smallest absolute Gasteiger partial charge is 0.232 e. The van der Waals surface area contributed by atoms with Gasteiger partial charge in [0.15, 0.2) is 0 Å². The molecule has 3 heterocycles. The monoisotopic (exact) mass is 460 g/mol. The molecule has 0 spiro atoms. The van der Waals surface area contributed by atoms with Crippen LogP contribution >= 0.6 is 0 Å². The van der Waals surface area contributed by atoms with Crippen molar-refractivity contribution < 1.29 is 8.42 Å². The SMILES string of the molecule is CCn1cc(-c2ccc3c(c2)ncn3-c2cc(NS(=O)(=O)CC)cc(-n3cccc3)c2)cn1. The fourth-order valence-corrected chi connectivity index (χ4v) is 4.41. The number of nitrogens with one attached hydrogen (secondary N) is 1. The van der Waals surface area contributed by atoms with E-state index in [9.17, 15) is 8.42 Å². The lowest BCUT2D eigenvalue weighted by atomic mass is 10.1. The van der Waals surface area contributed by atoms with Crippen molar-refractivity contribution >= 4 is 26.7 Å². The van der Waals surface area contributed by atoms with Crippen LogP contribution in [0.5, 0.6) is 0 Å². The molecule has 0 bridgehead atoms. The van der Waals surface area contributed by atoms with Crippen molar-refractivity contribution in [3.8, 4) is 22.5 Å². The maximum absolute atomic E-state index is 12.2. The van der Waals surface area contributed by atoms with Crippen LogP contribution in [0.25, 0.3) is 33.5 Å². The lowest BCUT2D eigenvalue weighted by Gasteiger charge is -2.13. The zero-order chi connectivity index (χ0) is 23.0. The predicted octanol–water partition coefficient (Wildman–Crippen LogP) is 4.46. The van der Waals surface area contributed by atoms with Crippen LogP contribution in [0.3, 0.4) is 0 Å². The number of anilines is 1. The molecular formula is C24H24N6O2S. The van der Waals surface area contributed by atoms with Crippen LogP contribution in [-0.2, 0) is 16.6 Å². The van der Waals surface area contributed by atoms with Gasteiger partial charge in [-0.25, -0.2) is 13.4 Å². The second-order valence-corrected chi connectivity index (χ2v) is 9.75. The molecule has 5 aromatic rings. The Bertz CT molecular complexity index is 1530. The molecule has 2 aromatic carbocycles. The minimum Gasteiger partial charge on any atom is -0.324 e. The largest absolute Gasteiger partial charge is 0.324 e. The molecule has 1 N–H and O–H groups in total. The Balaban J connectivity index is 1.60. The molecule has 5 rings (SSSR count). The number of aromatic nitrogens is 5. The summed E-state index contributed by atoms with van der Waals surface area (Å²) >= 11 is 0. The topological polar surface area (TPSA) is 86.7 Å². The van der Waals surface area contributed by atoms with Gasteiger partial charge in [0, 0.05) is 36.4 Å². The van der Waals surface area contributed by atoms with Gasteiger partial charge in [0.05, 0.1) is 34.4 Å². The predicted molar refractivity (Wildman–Crippen MR) is 130 cm³/mol. The summed E-state index contributed by atoms with van der Waals surface area (Å²) in [5.74, 6) is 0.00147. The highest BCUT2D eigenvalue weighted by Crippen LogP contribution is 2.28. The Morgan fingerprint density at radius 3 is 2.48 bits per heavy atom. The van der Waals surface area contributed by atoms with Gasteiger partial charge in [0.25, 0.3) is 0 Å². The van der Waals surface area contributed by atoms with Crippen LogP contribution < -0.4 is 4.72 Å². The van der Waals surface area contributed by atoms with E-state index in [1.165, 1.54) is 0 Å². The molecular weight excluding hydrogens is 436 g/mol. The van der Waals surface area contributed by atoms with E-state index in [4.69, 9.17) is 0 Å². The zero-order valence-electron chi connectivity index (χ0n) is 18.4. The van der Waals surface area contributed by atoms with Gasteiger partial charge in [-0.15, -0.1) is 0 Å². The number of fused-ring (bicyclic) bond motifs is 1. The third-order valence-electron chi connectivity index (χ3n) is 5.57. The van der Waals surface area contributed by atoms with Crippen molar-refractivity contribution in [3.05, 3.63) is 79.6 Å². The molecule has 9 heteroatoms. The Kier molecular flexibility index (Phi) is 5.26. The van der Waals surface area contributed by atoms with Crippen LogP contribution in [0, 0.1) is 0 Å². The molecule has 0 amide bonds. The van der Waals surface area contributed by atoms with Crippen molar-refractivity contribution in [3.63, 3.8) is 0 Å². The minimum atomic E-state index is -3.41. The van der Waals surface area contributed by atoms with E-state index in [-0.39, 0.29) is 5.75 Å². The Morgan fingerprint density at radius 2 is 1.76 bits per heavy atom. The lowest BCUT2D eigenvalue weighted by Crippen LogP contribution is -2.15. The number of hydrogen-bond donors (Lipinski definition) is 1. The molecule has 3 aromatic heterocycles. The van der Waals surface area contributed by atoms with Gasteiger partial charge < -0.3 is 4.57 Å². The highest BCUT2D eigenvalue weighted by Gasteiger charge is 2.13. The maximum Gasteiger partial charge on any atom is 0.232 e. The Labute approximate surface area is 192 Å². The first kappa shape index (κ1) is 21.0. The number of hydrogen-bond acceptors (Lipinski definition) is 4. The fraction of sp³-hybridized carbons (Fsp3) is 0.167. The molecule has 0 saturated carbocycles. The molecule has 0 aliphatic carbocycles. The fourth-order valence-electron chi connectivity index (χ4n) is 3.78. The summed E-state index contributed by atoms with van der Waals surface area (Å²) in [5.41, 5.74) is 6.02. The van der Waals surface area contributed by atoms with Gasteiger partial charge in [-0.2, -0.15) is 5.10 Å². The van der Waals surface area contributed by atoms with Gasteiger partial charge in [-0.05, 0) is 61.9 Å². The van der Waals surface area contributed by atoms with Gasteiger partial charge in [-0.3, -0.25) is 14.0 Å². The third-order valence-corrected chi connectivity index (χ3v) is 6.88. The van der Waals surface area contributed by atoms with E-state index in [0.29, 0.717) is 5.69 Å². The molecule has 0 aliphatic rings. The maximum atomic E-state index is 12.2. The van der Waals surface area contributed by atoms with Crippen LogP contribution in [0.2, 0.25) is 0 Å². The summed E-state index contributed by atoms with van der Waals surface area (Å²) in [6, 6.07) is 15.6. The quantitative estimate of drug-likeness (QED) is 0.388. The van der Waals surface area contributed by atoms with E-state index in [1.54, 1.807) is 13.3 Å². The number of rotatable bonds is 7. The van der Waals surface area contributed by atoms with Gasteiger partial charge in [-0.1, -0.05) is 6.07 Å². The Hall–Kier alpha value is -3.85. The summed E-state index contributed by atoms with van der Waals surface area (Å²) in [6.45, 7) is 4.49. The van der Waals surface area contributed by atoms with Crippen LogP contribution in [0.15, 0.2) is 79.6 Å². The second kappa shape index (κ2) is 8.25. The lowest BCUT2D eigenvalue weighted by molar-refractivity contribution is 0.602. The van der Waals surface area contributed by atoms with E-state index in [2.05, 4.69) is 21.7 Å². The van der Waals surface area contributed by atoms with Crippen molar-refractivity contribution in [1.82, 2.24) is 23.9 Å². The van der Waals surface area contributed by atoms with Crippen LogP contribution in [0.4, 0.5) is 5.69 Å². The van der Waals surface area contributed by atoms with E-state index >= 15 is 0 Å². The molecule has 0 aliphatic heterocycles. The molecule has 8 nitrogen and oxygen atoms in total. The standard InChI is InChI=1S/C24H24N6O2S/c1-3-29-16-19(15-26-29)18-7-8-24-23(11-18)25-17-30(24)22-13-20(27-33(31,32)4-2)12-21(14-22)28-9-5-6-10-28/h5-17,27H,3-4H2,1-2H3. The van der Waals surface area contributed by atoms with Gasteiger partial charge in [0.2, 0.25) is 10.0 Å². The summed E-state index contributed by atoms with van der Waals surface area (Å²) in [5, 5.41) is 4.36. The van der Waals surface area contributed by atoms with E-state index < -0.39 is 10.0 Å². The highest BCUT2D eigenvalue weighted by atomic mass is 32.2. The van der Waals surface area contributed by atoms with Crippen molar-refractivity contribution in [2.75, 3.05) is 10.5 Å². The molecule has 168 valence electrons. The number of imidazole rings is 1. The average Bonchev–Trinajstić information content (AvgIpc) is 3.58. The number of benzene rings is 2.